The van der Waals surface area contributed by atoms with Gasteiger partial charge in [-0.05, 0) is 0 Å². The molecule has 0 saturated carbocycles. The second kappa shape index (κ2) is 19.9. The van der Waals surface area contributed by atoms with E-state index in [4.69, 9.17) is 38.2 Å². The zero-order valence-electron chi connectivity index (χ0n) is 23.5. The molecule has 17 nitrogen and oxygen atoms in total. The molecule has 0 radical (unpaired) electrons. The van der Waals surface area contributed by atoms with Crippen LogP contribution in [0.2, 0.25) is 0 Å². The van der Waals surface area contributed by atoms with Crippen molar-refractivity contribution in [1.82, 2.24) is 5.32 Å². The van der Waals surface area contributed by atoms with E-state index in [0.29, 0.717) is 0 Å². The molecule has 0 fully saturated rings. The van der Waals surface area contributed by atoms with E-state index < -0.39 is 81.1 Å². The summed E-state index contributed by atoms with van der Waals surface area (Å²) in [6, 6.07) is 0. The van der Waals surface area contributed by atoms with Gasteiger partial charge in [0.15, 0.2) is 12.2 Å². The topological polar surface area (TPSA) is 237 Å². The number of hydrogen-bond acceptors (Lipinski definition) is 14. The molecule has 0 heterocycles. The molecule has 0 rings (SSSR count). The van der Waals surface area contributed by atoms with Crippen molar-refractivity contribution >= 4 is 43.6 Å². The van der Waals surface area contributed by atoms with Crippen LogP contribution >= 0.6 is 7.82 Å². The van der Waals surface area contributed by atoms with Gasteiger partial charge in [-0.25, -0.2) is 9.36 Å². The number of ether oxygens (including phenoxy) is 6. The fourth-order valence-electron chi connectivity index (χ4n) is 2.79. The number of carbonyl (C=O) groups excluding carboxylic acids is 6. The van der Waals surface area contributed by atoms with Gasteiger partial charge in [0.25, 0.3) is 5.91 Å². The Balaban J connectivity index is 6.78. The first-order valence-electron chi connectivity index (χ1n) is 12.7. The second-order valence-corrected chi connectivity index (χ2v) is 9.16. The molecule has 0 saturated heterocycles. The largest absolute Gasteiger partial charge is 0.469 e. The third kappa shape index (κ3) is 15.5. The molecule has 4 unspecified atom stereocenters. The summed E-state index contributed by atoms with van der Waals surface area (Å²) in [5, 5.41) is 2.18. The van der Waals surface area contributed by atoms with Crippen molar-refractivity contribution in [3.05, 3.63) is 0 Å². The van der Waals surface area contributed by atoms with Crippen LogP contribution in [-0.2, 0) is 66.3 Å². The predicted octanol–water partition coefficient (Wildman–Crippen LogP) is -0.311. The van der Waals surface area contributed by atoms with E-state index >= 15 is 0 Å². The van der Waals surface area contributed by atoms with Crippen LogP contribution in [0, 0.1) is 0 Å². The maximum Gasteiger partial charge on any atom is 0.469 e. The average molecular weight is 616 g/mol. The summed E-state index contributed by atoms with van der Waals surface area (Å²) in [6.45, 7) is 3.96. The van der Waals surface area contributed by atoms with E-state index in [0.717, 1.165) is 0 Å². The van der Waals surface area contributed by atoms with E-state index in [9.17, 15) is 33.3 Å². The summed E-state index contributed by atoms with van der Waals surface area (Å²) in [6.07, 6.45) is -9.42. The molecule has 0 aliphatic carbocycles. The van der Waals surface area contributed by atoms with E-state index in [2.05, 4.69) is 9.84 Å². The van der Waals surface area contributed by atoms with Gasteiger partial charge in [0.05, 0.1) is 13.2 Å². The lowest BCUT2D eigenvalue weighted by Crippen LogP contribution is -2.58. The highest BCUT2D eigenvalue weighted by molar-refractivity contribution is 7.46. The van der Waals surface area contributed by atoms with Crippen LogP contribution < -0.4 is 5.32 Å². The third-order valence-corrected chi connectivity index (χ3v) is 5.33. The molecule has 3 N–H and O–H groups in total. The summed E-state index contributed by atoms with van der Waals surface area (Å²) < 4.78 is 46.1. The van der Waals surface area contributed by atoms with Crippen molar-refractivity contribution in [2.45, 2.75) is 77.8 Å². The molecule has 0 aromatic carbocycles. The molecule has 0 aliphatic rings. The van der Waals surface area contributed by atoms with Crippen LogP contribution in [-0.4, -0.2) is 103 Å². The van der Waals surface area contributed by atoms with Crippen molar-refractivity contribution < 1.29 is 76.1 Å². The Bertz CT molecular complexity index is 935. The smallest absolute Gasteiger partial charge is 0.460 e. The SMILES string of the molecule is CCC(=O)OC(C(=O)NCCOP(=O)(O)O)C(OC(=O)CC)C(OC(=O)CC)C(OC(=O)CC)C(=O)OCCOC. The summed E-state index contributed by atoms with van der Waals surface area (Å²) in [7, 11) is -3.56. The van der Waals surface area contributed by atoms with Crippen LogP contribution in [0.15, 0.2) is 0 Å². The summed E-state index contributed by atoms with van der Waals surface area (Å²) in [4.78, 5) is 93.2. The van der Waals surface area contributed by atoms with Crippen molar-refractivity contribution in [2.24, 2.45) is 0 Å². The number of amides is 1. The lowest BCUT2D eigenvalue weighted by Gasteiger charge is -2.34. The van der Waals surface area contributed by atoms with Crippen molar-refractivity contribution in [3.63, 3.8) is 0 Å². The Morgan fingerprint density at radius 2 is 1.12 bits per heavy atom. The van der Waals surface area contributed by atoms with Crippen molar-refractivity contribution in [1.29, 1.82) is 0 Å². The zero-order chi connectivity index (χ0) is 31.6. The Labute approximate surface area is 236 Å². The Morgan fingerprint density at radius 1 is 0.683 bits per heavy atom. The van der Waals surface area contributed by atoms with Gasteiger partial charge < -0.3 is 43.5 Å². The van der Waals surface area contributed by atoms with Gasteiger partial charge in [-0.2, -0.15) is 0 Å². The molecule has 0 aromatic heterocycles. The summed E-state index contributed by atoms with van der Waals surface area (Å²) in [5.41, 5.74) is 0. The minimum absolute atomic E-state index is 0.0658. The quantitative estimate of drug-likeness (QED) is 0.0689. The third-order valence-electron chi connectivity index (χ3n) is 4.81. The van der Waals surface area contributed by atoms with E-state index in [-0.39, 0.29) is 38.9 Å². The van der Waals surface area contributed by atoms with Gasteiger partial charge in [-0.1, -0.05) is 27.7 Å². The van der Waals surface area contributed by atoms with Crippen LogP contribution in [0.3, 0.4) is 0 Å². The highest BCUT2D eigenvalue weighted by Gasteiger charge is 2.50. The minimum Gasteiger partial charge on any atom is -0.460 e. The number of hydrogen-bond donors (Lipinski definition) is 3. The molecule has 0 aromatic rings. The molecule has 0 spiro atoms. The number of methoxy groups -OCH3 is 1. The van der Waals surface area contributed by atoms with Gasteiger partial charge in [-0.15, -0.1) is 0 Å². The molecule has 4 atom stereocenters. The number of phosphoric acid groups is 1. The number of carbonyl (C=O) groups is 6. The first kappa shape index (κ1) is 37.9. The Kier molecular flexibility index (Phi) is 18.4. The molecule has 41 heavy (non-hydrogen) atoms. The van der Waals surface area contributed by atoms with Crippen molar-refractivity contribution in [2.75, 3.05) is 33.5 Å². The lowest BCUT2D eigenvalue weighted by atomic mass is 10.0. The van der Waals surface area contributed by atoms with Gasteiger partial charge in [0.2, 0.25) is 12.2 Å². The molecular weight excluding hydrogens is 577 g/mol. The Morgan fingerprint density at radius 3 is 1.56 bits per heavy atom. The van der Waals surface area contributed by atoms with E-state index in [1.165, 1.54) is 34.8 Å². The summed E-state index contributed by atoms with van der Waals surface area (Å²) >= 11 is 0. The maximum atomic E-state index is 13.2. The fraction of sp³-hybridized carbons (Fsp3) is 0.739. The predicted molar refractivity (Wildman–Crippen MR) is 135 cm³/mol. The highest BCUT2D eigenvalue weighted by atomic mass is 31.2. The van der Waals surface area contributed by atoms with Crippen LogP contribution in [0.5, 0.6) is 0 Å². The molecule has 0 bridgehead atoms. The van der Waals surface area contributed by atoms with Gasteiger partial charge in [0.1, 0.15) is 6.61 Å². The average Bonchev–Trinajstić information content (AvgIpc) is 2.93. The molecule has 0 aliphatic heterocycles. The van der Waals surface area contributed by atoms with Gasteiger partial charge >= 0.3 is 37.7 Å². The first-order chi connectivity index (χ1) is 19.2. The minimum atomic E-state index is -4.88. The second-order valence-electron chi connectivity index (χ2n) is 7.92. The van der Waals surface area contributed by atoms with E-state index in [1.807, 2.05) is 0 Å². The summed E-state index contributed by atoms with van der Waals surface area (Å²) in [5.74, 6) is -6.37. The maximum absolute atomic E-state index is 13.2. The molecule has 18 heteroatoms. The van der Waals surface area contributed by atoms with Gasteiger partial charge in [0, 0.05) is 39.3 Å². The first-order valence-corrected chi connectivity index (χ1v) is 14.2. The number of phosphoric ester groups is 1. The van der Waals surface area contributed by atoms with Crippen LogP contribution in [0.25, 0.3) is 0 Å². The Hall–Kier alpha value is -3.11. The number of rotatable bonds is 20. The van der Waals surface area contributed by atoms with Gasteiger partial charge in [-0.3, -0.25) is 28.5 Å². The number of esters is 5. The molecular formula is C23H38NO16P. The fourth-order valence-corrected chi connectivity index (χ4v) is 3.12. The highest BCUT2D eigenvalue weighted by Crippen LogP contribution is 2.35. The monoisotopic (exact) mass is 615 g/mol. The number of nitrogens with one attached hydrogen (secondary N) is 1. The van der Waals surface area contributed by atoms with E-state index in [1.54, 1.807) is 0 Å². The normalized spacial score (nSPS) is 14.0. The van der Waals surface area contributed by atoms with Crippen LogP contribution in [0.4, 0.5) is 0 Å². The standard InChI is InChI=1S/C23H38NO16P/c1-6-14(25)37-18(20(39-16(27)8-3)22(29)24-10-11-36-41(31,32)33)19(38-15(26)7-2)21(40-17(28)9-4)23(30)35-13-12-34-5/h18-21H,6-13H2,1-5H3,(H,24,29)(H2,31,32,33). The molecule has 1 amide bonds. The lowest BCUT2D eigenvalue weighted by molar-refractivity contribution is -0.207. The van der Waals surface area contributed by atoms with Crippen LogP contribution in [0.1, 0.15) is 53.4 Å². The molecule has 236 valence electrons. The van der Waals surface area contributed by atoms with Crippen molar-refractivity contribution in [3.8, 4) is 0 Å². The zero-order valence-corrected chi connectivity index (χ0v) is 24.4.